The van der Waals surface area contributed by atoms with Crippen molar-refractivity contribution in [2.75, 3.05) is 17.6 Å². The van der Waals surface area contributed by atoms with Gasteiger partial charge in [-0.25, -0.2) is 4.98 Å². The molecule has 2 rings (SSSR count). The van der Waals surface area contributed by atoms with E-state index in [1.165, 1.54) is 6.20 Å². The predicted molar refractivity (Wildman–Crippen MR) is 57.2 cm³/mol. The molecule has 0 aliphatic rings. The molecule has 0 saturated carbocycles. The second kappa shape index (κ2) is 4.41. The maximum absolute atomic E-state index is 5.49. The zero-order valence-electron chi connectivity index (χ0n) is 8.17. The van der Waals surface area contributed by atoms with Gasteiger partial charge < -0.3 is 11.1 Å². The number of hydrogen-bond acceptors (Lipinski definition) is 5. The summed E-state index contributed by atoms with van der Waals surface area (Å²) in [5.74, 6) is 1.10. The monoisotopic (exact) mass is 204 g/mol. The minimum atomic E-state index is 0.416. The summed E-state index contributed by atoms with van der Waals surface area (Å²) in [6.45, 7) is 1.52. The average molecular weight is 204 g/mol. The van der Waals surface area contributed by atoms with E-state index in [1.807, 2.05) is 16.9 Å². The van der Waals surface area contributed by atoms with Crippen LogP contribution in [0.3, 0.4) is 0 Å². The van der Waals surface area contributed by atoms with Crippen LogP contribution in [0.2, 0.25) is 0 Å². The van der Waals surface area contributed by atoms with E-state index in [1.54, 1.807) is 12.4 Å². The highest BCUT2D eigenvalue weighted by Crippen LogP contribution is 2.01. The number of nitrogens with one attached hydrogen (secondary N) is 1. The van der Waals surface area contributed by atoms with Crippen molar-refractivity contribution in [1.82, 2.24) is 19.7 Å². The lowest BCUT2D eigenvalue weighted by Crippen LogP contribution is -2.12. The Hall–Kier alpha value is -2.11. The molecule has 2 aromatic heterocycles. The molecule has 0 aliphatic heterocycles. The molecule has 0 amide bonds. The fourth-order valence-electron chi connectivity index (χ4n) is 1.20. The van der Waals surface area contributed by atoms with Crippen LogP contribution in [-0.4, -0.2) is 26.3 Å². The zero-order valence-corrected chi connectivity index (χ0v) is 8.17. The van der Waals surface area contributed by atoms with E-state index in [0.29, 0.717) is 11.6 Å². The minimum absolute atomic E-state index is 0.416. The van der Waals surface area contributed by atoms with Gasteiger partial charge in [-0.2, -0.15) is 5.10 Å². The third-order valence-electron chi connectivity index (χ3n) is 1.86. The van der Waals surface area contributed by atoms with Crippen LogP contribution in [-0.2, 0) is 6.54 Å². The summed E-state index contributed by atoms with van der Waals surface area (Å²) < 4.78 is 1.84. The maximum atomic E-state index is 5.49. The van der Waals surface area contributed by atoms with Crippen LogP contribution in [0, 0.1) is 0 Å². The molecule has 6 nitrogen and oxygen atoms in total. The summed E-state index contributed by atoms with van der Waals surface area (Å²) in [7, 11) is 0. The first kappa shape index (κ1) is 9.45. The van der Waals surface area contributed by atoms with E-state index in [0.717, 1.165) is 13.1 Å². The first-order valence-corrected chi connectivity index (χ1v) is 4.63. The van der Waals surface area contributed by atoms with Crippen molar-refractivity contribution in [1.29, 1.82) is 0 Å². The molecule has 0 unspecified atom stereocenters. The van der Waals surface area contributed by atoms with Gasteiger partial charge >= 0.3 is 0 Å². The number of nitrogen functional groups attached to an aromatic ring is 1. The van der Waals surface area contributed by atoms with Crippen LogP contribution < -0.4 is 11.1 Å². The van der Waals surface area contributed by atoms with Crippen LogP contribution in [0.5, 0.6) is 0 Å². The molecule has 2 heterocycles. The molecular weight excluding hydrogens is 192 g/mol. The van der Waals surface area contributed by atoms with Crippen LogP contribution in [0.1, 0.15) is 0 Å². The summed E-state index contributed by atoms with van der Waals surface area (Å²) in [5, 5.41) is 7.19. The molecule has 2 aromatic rings. The predicted octanol–water partition coefficient (Wildman–Crippen LogP) is 0.367. The fourth-order valence-corrected chi connectivity index (χ4v) is 1.20. The molecule has 0 atom stereocenters. The van der Waals surface area contributed by atoms with Crippen LogP contribution >= 0.6 is 0 Å². The molecule has 6 heteroatoms. The van der Waals surface area contributed by atoms with Crippen molar-refractivity contribution in [3.8, 4) is 0 Å². The zero-order chi connectivity index (χ0) is 10.5. The first-order chi connectivity index (χ1) is 7.34. The van der Waals surface area contributed by atoms with Gasteiger partial charge in [0.15, 0.2) is 0 Å². The van der Waals surface area contributed by atoms with E-state index in [2.05, 4.69) is 20.4 Å². The fraction of sp³-hybridized carbons (Fsp3) is 0.222. The van der Waals surface area contributed by atoms with Crippen LogP contribution in [0.15, 0.2) is 30.9 Å². The Bertz CT molecular complexity index is 410. The Morgan fingerprint density at radius 1 is 1.40 bits per heavy atom. The van der Waals surface area contributed by atoms with Crippen LogP contribution in [0.4, 0.5) is 11.6 Å². The molecule has 0 radical (unpaired) electrons. The van der Waals surface area contributed by atoms with Crippen molar-refractivity contribution in [3.63, 3.8) is 0 Å². The Morgan fingerprint density at radius 3 is 3.07 bits per heavy atom. The highest BCUT2D eigenvalue weighted by Gasteiger charge is 1.95. The Morgan fingerprint density at radius 2 is 2.33 bits per heavy atom. The van der Waals surface area contributed by atoms with E-state index < -0.39 is 0 Å². The molecule has 78 valence electrons. The summed E-state index contributed by atoms with van der Waals surface area (Å²) >= 11 is 0. The van der Waals surface area contributed by atoms with E-state index in [-0.39, 0.29) is 0 Å². The summed E-state index contributed by atoms with van der Waals surface area (Å²) in [6, 6.07) is 1.89. The van der Waals surface area contributed by atoms with Crippen molar-refractivity contribution >= 4 is 11.6 Å². The lowest BCUT2D eigenvalue weighted by atomic mass is 10.5. The standard InChI is InChI=1S/C9H12N6/c10-8-6-11-7-9(14-8)12-3-5-15-4-1-2-13-15/h1-2,4,6-7H,3,5H2,(H3,10,12,14). The highest BCUT2D eigenvalue weighted by atomic mass is 15.3. The Balaban J connectivity index is 1.83. The van der Waals surface area contributed by atoms with E-state index >= 15 is 0 Å². The van der Waals surface area contributed by atoms with Crippen molar-refractivity contribution in [2.24, 2.45) is 0 Å². The number of aromatic nitrogens is 4. The molecule has 0 aliphatic carbocycles. The third-order valence-corrected chi connectivity index (χ3v) is 1.86. The maximum Gasteiger partial charge on any atom is 0.147 e. The van der Waals surface area contributed by atoms with Gasteiger partial charge in [-0.1, -0.05) is 0 Å². The topological polar surface area (TPSA) is 81.6 Å². The average Bonchev–Trinajstić information content (AvgIpc) is 2.71. The quantitative estimate of drug-likeness (QED) is 0.751. The second-order valence-electron chi connectivity index (χ2n) is 3.03. The van der Waals surface area contributed by atoms with Gasteiger partial charge in [-0.05, 0) is 6.07 Å². The SMILES string of the molecule is Nc1cncc(NCCn2cccn2)n1. The van der Waals surface area contributed by atoms with Gasteiger partial charge in [-0.3, -0.25) is 9.67 Å². The lowest BCUT2D eigenvalue weighted by Gasteiger charge is -2.05. The second-order valence-corrected chi connectivity index (χ2v) is 3.03. The smallest absolute Gasteiger partial charge is 0.147 e. The van der Waals surface area contributed by atoms with Crippen molar-refractivity contribution < 1.29 is 0 Å². The molecule has 3 N–H and O–H groups in total. The summed E-state index contributed by atoms with van der Waals surface area (Å²) in [6.07, 6.45) is 6.81. The van der Waals surface area contributed by atoms with Gasteiger partial charge in [0.25, 0.3) is 0 Å². The van der Waals surface area contributed by atoms with Crippen molar-refractivity contribution in [3.05, 3.63) is 30.9 Å². The molecule has 0 aromatic carbocycles. The van der Waals surface area contributed by atoms with E-state index in [4.69, 9.17) is 5.73 Å². The van der Waals surface area contributed by atoms with Gasteiger partial charge in [-0.15, -0.1) is 0 Å². The molecular formula is C9H12N6. The summed E-state index contributed by atoms with van der Waals surface area (Å²) in [4.78, 5) is 7.99. The summed E-state index contributed by atoms with van der Waals surface area (Å²) in [5.41, 5.74) is 5.49. The van der Waals surface area contributed by atoms with E-state index in [9.17, 15) is 0 Å². The van der Waals surface area contributed by atoms with Crippen molar-refractivity contribution in [2.45, 2.75) is 6.54 Å². The Kier molecular flexibility index (Phi) is 2.77. The molecule has 15 heavy (non-hydrogen) atoms. The largest absolute Gasteiger partial charge is 0.382 e. The first-order valence-electron chi connectivity index (χ1n) is 4.63. The number of anilines is 2. The van der Waals surface area contributed by atoms with Gasteiger partial charge in [0.2, 0.25) is 0 Å². The highest BCUT2D eigenvalue weighted by molar-refractivity contribution is 5.37. The lowest BCUT2D eigenvalue weighted by molar-refractivity contribution is 0.637. The molecule has 0 saturated heterocycles. The molecule has 0 bridgehead atoms. The molecule has 0 fully saturated rings. The van der Waals surface area contributed by atoms with Crippen LogP contribution in [0.25, 0.3) is 0 Å². The Labute approximate surface area is 87.2 Å². The molecule has 0 spiro atoms. The number of hydrogen-bond donors (Lipinski definition) is 2. The third kappa shape index (κ3) is 2.67. The van der Waals surface area contributed by atoms with Gasteiger partial charge in [0, 0.05) is 18.9 Å². The number of rotatable bonds is 4. The number of nitrogens with zero attached hydrogens (tertiary/aromatic N) is 4. The minimum Gasteiger partial charge on any atom is -0.382 e. The van der Waals surface area contributed by atoms with Gasteiger partial charge in [0.1, 0.15) is 11.6 Å². The normalized spacial score (nSPS) is 10.1. The van der Waals surface area contributed by atoms with Gasteiger partial charge in [0.05, 0.1) is 18.9 Å². The number of nitrogens with two attached hydrogens (primary N) is 1.